The summed E-state index contributed by atoms with van der Waals surface area (Å²) in [6.07, 6.45) is 4.65. The predicted octanol–water partition coefficient (Wildman–Crippen LogP) is 4.08. The van der Waals surface area contributed by atoms with Crippen LogP contribution in [-0.4, -0.2) is 34.0 Å². The molecule has 4 rings (SSSR count). The van der Waals surface area contributed by atoms with E-state index in [4.69, 9.17) is 11.6 Å². The molecule has 0 radical (unpaired) electrons. The van der Waals surface area contributed by atoms with Gasteiger partial charge in [0.1, 0.15) is 16.8 Å². The van der Waals surface area contributed by atoms with Crippen LogP contribution < -0.4 is 5.32 Å². The van der Waals surface area contributed by atoms with E-state index in [9.17, 15) is 0 Å². The highest BCUT2D eigenvalue weighted by molar-refractivity contribution is 6.29. The zero-order valence-corrected chi connectivity index (χ0v) is 14.5. The fourth-order valence-electron chi connectivity index (χ4n) is 3.32. The molecule has 2 aliphatic rings. The standard InChI is InChI=1S/C19H23ClN4/c20-17-12-18(23-19(22-17)15-6-7-15)21-16-8-10-24(11-9-16)13-14-4-2-1-3-5-14/h1-5,12,15-16H,6-11,13H2,(H,21,22,23). The van der Waals surface area contributed by atoms with Gasteiger partial charge < -0.3 is 5.32 Å². The van der Waals surface area contributed by atoms with Crippen LogP contribution in [0.25, 0.3) is 0 Å². The number of benzene rings is 1. The van der Waals surface area contributed by atoms with E-state index in [1.807, 2.05) is 6.07 Å². The van der Waals surface area contributed by atoms with E-state index in [0.29, 0.717) is 17.1 Å². The van der Waals surface area contributed by atoms with Crippen molar-refractivity contribution in [2.45, 2.75) is 44.2 Å². The van der Waals surface area contributed by atoms with Gasteiger partial charge in [0, 0.05) is 37.7 Å². The van der Waals surface area contributed by atoms with E-state index in [2.05, 4.69) is 50.5 Å². The molecule has 4 nitrogen and oxygen atoms in total. The quantitative estimate of drug-likeness (QED) is 0.831. The third-order valence-corrected chi connectivity index (χ3v) is 5.04. The van der Waals surface area contributed by atoms with Gasteiger partial charge in [0.05, 0.1) is 0 Å². The molecule has 1 saturated carbocycles. The smallest absolute Gasteiger partial charge is 0.135 e. The normalized spacial score (nSPS) is 19.4. The Kier molecular flexibility index (Phi) is 4.67. The Morgan fingerprint density at radius 2 is 1.79 bits per heavy atom. The van der Waals surface area contributed by atoms with E-state index in [1.165, 1.54) is 18.4 Å². The molecule has 0 spiro atoms. The monoisotopic (exact) mass is 342 g/mol. The molecule has 0 unspecified atom stereocenters. The van der Waals surface area contributed by atoms with Crippen molar-refractivity contribution in [2.75, 3.05) is 18.4 Å². The zero-order chi connectivity index (χ0) is 16.4. The molecule has 0 amide bonds. The first-order chi connectivity index (χ1) is 11.8. The van der Waals surface area contributed by atoms with Crippen molar-refractivity contribution in [3.05, 3.63) is 52.9 Å². The highest BCUT2D eigenvalue weighted by atomic mass is 35.5. The van der Waals surface area contributed by atoms with Gasteiger partial charge in [-0.25, -0.2) is 9.97 Å². The number of aromatic nitrogens is 2. The van der Waals surface area contributed by atoms with Gasteiger partial charge in [0.25, 0.3) is 0 Å². The summed E-state index contributed by atoms with van der Waals surface area (Å²) in [6.45, 7) is 3.26. The van der Waals surface area contributed by atoms with E-state index >= 15 is 0 Å². The molecule has 2 heterocycles. The molecule has 5 heteroatoms. The van der Waals surface area contributed by atoms with Crippen molar-refractivity contribution < 1.29 is 0 Å². The average molecular weight is 343 g/mol. The number of hydrogen-bond donors (Lipinski definition) is 1. The van der Waals surface area contributed by atoms with Crippen LogP contribution in [0.4, 0.5) is 5.82 Å². The maximum atomic E-state index is 6.15. The fraction of sp³-hybridized carbons (Fsp3) is 0.474. The second kappa shape index (κ2) is 7.08. The van der Waals surface area contributed by atoms with Crippen molar-refractivity contribution in [1.29, 1.82) is 0 Å². The number of likely N-dealkylation sites (tertiary alicyclic amines) is 1. The van der Waals surface area contributed by atoms with E-state index in [1.54, 1.807) is 0 Å². The summed E-state index contributed by atoms with van der Waals surface area (Å²) in [5.74, 6) is 2.32. The number of anilines is 1. The second-order valence-corrected chi connectivity index (χ2v) is 7.28. The van der Waals surface area contributed by atoms with Crippen molar-refractivity contribution in [3.63, 3.8) is 0 Å². The van der Waals surface area contributed by atoms with Gasteiger partial charge in [0.2, 0.25) is 0 Å². The molecule has 24 heavy (non-hydrogen) atoms. The number of piperidine rings is 1. The Bertz CT molecular complexity index is 679. The lowest BCUT2D eigenvalue weighted by molar-refractivity contribution is 0.211. The van der Waals surface area contributed by atoms with Crippen LogP contribution in [0.15, 0.2) is 36.4 Å². The van der Waals surface area contributed by atoms with Gasteiger partial charge in [-0.15, -0.1) is 0 Å². The van der Waals surface area contributed by atoms with Gasteiger partial charge in [0.15, 0.2) is 0 Å². The first-order valence-corrected chi connectivity index (χ1v) is 9.21. The first-order valence-electron chi connectivity index (χ1n) is 8.83. The molecule has 1 saturated heterocycles. The molecule has 1 aliphatic carbocycles. The van der Waals surface area contributed by atoms with E-state index in [0.717, 1.165) is 44.1 Å². The SMILES string of the molecule is Clc1cc(NC2CCN(Cc3ccccc3)CC2)nc(C2CC2)n1. The molecule has 0 atom stereocenters. The van der Waals surface area contributed by atoms with Crippen LogP contribution in [0.2, 0.25) is 5.15 Å². The number of rotatable bonds is 5. The molecule has 0 bridgehead atoms. The van der Waals surface area contributed by atoms with Crippen molar-refractivity contribution in [1.82, 2.24) is 14.9 Å². The lowest BCUT2D eigenvalue weighted by Crippen LogP contribution is -2.38. The molecular weight excluding hydrogens is 320 g/mol. The highest BCUT2D eigenvalue weighted by Crippen LogP contribution is 2.38. The van der Waals surface area contributed by atoms with Crippen LogP contribution in [0.3, 0.4) is 0 Å². The topological polar surface area (TPSA) is 41.0 Å². The zero-order valence-electron chi connectivity index (χ0n) is 13.8. The third-order valence-electron chi connectivity index (χ3n) is 4.84. The Morgan fingerprint density at radius 1 is 1.04 bits per heavy atom. The summed E-state index contributed by atoms with van der Waals surface area (Å²) in [7, 11) is 0. The Labute approximate surface area is 148 Å². The minimum Gasteiger partial charge on any atom is -0.367 e. The minimum atomic E-state index is 0.468. The second-order valence-electron chi connectivity index (χ2n) is 6.89. The summed E-state index contributed by atoms with van der Waals surface area (Å²) >= 11 is 6.15. The van der Waals surface area contributed by atoms with Crippen LogP contribution in [0.1, 0.15) is 43.0 Å². The molecule has 1 aliphatic heterocycles. The lowest BCUT2D eigenvalue weighted by atomic mass is 10.0. The first kappa shape index (κ1) is 15.9. The number of hydrogen-bond acceptors (Lipinski definition) is 4. The van der Waals surface area contributed by atoms with Gasteiger partial charge >= 0.3 is 0 Å². The van der Waals surface area contributed by atoms with Crippen LogP contribution in [0.5, 0.6) is 0 Å². The molecule has 126 valence electrons. The van der Waals surface area contributed by atoms with Crippen LogP contribution in [-0.2, 0) is 6.54 Å². The molecular formula is C19H23ClN4. The maximum Gasteiger partial charge on any atom is 0.135 e. The van der Waals surface area contributed by atoms with Gasteiger partial charge in [-0.05, 0) is 31.2 Å². The van der Waals surface area contributed by atoms with Crippen LogP contribution in [0, 0.1) is 0 Å². The van der Waals surface area contributed by atoms with Crippen LogP contribution >= 0.6 is 11.6 Å². The Morgan fingerprint density at radius 3 is 2.50 bits per heavy atom. The number of nitrogens with zero attached hydrogens (tertiary/aromatic N) is 3. The minimum absolute atomic E-state index is 0.468. The van der Waals surface area contributed by atoms with Gasteiger partial charge in [-0.1, -0.05) is 41.9 Å². The Balaban J connectivity index is 1.31. The predicted molar refractivity (Wildman–Crippen MR) is 97.4 cm³/mol. The largest absolute Gasteiger partial charge is 0.367 e. The highest BCUT2D eigenvalue weighted by Gasteiger charge is 2.27. The number of halogens is 1. The average Bonchev–Trinajstić information content (AvgIpc) is 3.42. The molecule has 1 aromatic heterocycles. The Hall–Kier alpha value is -1.65. The van der Waals surface area contributed by atoms with Crippen molar-refractivity contribution >= 4 is 17.4 Å². The molecule has 1 aromatic carbocycles. The van der Waals surface area contributed by atoms with Gasteiger partial charge in [-0.3, -0.25) is 4.90 Å². The third kappa shape index (κ3) is 4.05. The van der Waals surface area contributed by atoms with E-state index in [-0.39, 0.29) is 0 Å². The maximum absolute atomic E-state index is 6.15. The van der Waals surface area contributed by atoms with Gasteiger partial charge in [-0.2, -0.15) is 0 Å². The van der Waals surface area contributed by atoms with Crippen molar-refractivity contribution in [3.8, 4) is 0 Å². The summed E-state index contributed by atoms with van der Waals surface area (Å²) in [6, 6.07) is 13.0. The fourth-order valence-corrected chi connectivity index (χ4v) is 3.51. The molecule has 1 N–H and O–H groups in total. The molecule has 2 fully saturated rings. The summed E-state index contributed by atoms with van der Waals surface area (Å²) in [5.41, 5.74) is 1.39. The lowest BCUT2D eigenvalue weighted by Gasteiger charge is -2.32. The van der Waals surface area contributed by atoms with Crippen molar-refractivity contribution in [2.24, 2.45) is 0 Å². The van der Waals surface area contributed by atoms with E-state index < -0.39 is 0 Å². The summed E-state index contributed by atoms with van der Waals surface area (Å²) in [4.78, 5) is 11.5. The molecule has 2 aromatic rings. The number of nitrogens with one attached hydrogen (secondary N) is 1. The summed E-state index contributed by atoms with van der Waals surface area (Å²) in [5, 5.41) is 4.12. The summed E-state index contributed by atoms with van der Waals surface area (Å²) < 4.78 is 0.